The van der Waals surface area contributed by atoms with Crippen molar-refractivity contribution in [3.8, 4) is 23.0 Å². The van der Waals surface area contributed by atoms with Gasteiger partial charge >= 0.3 is 11.8 Å². The molecule has 4 heterocycles. The fourth-order valence-electron chi connectivity index (χ4n) is 8.64. The molecule has 0 radical (unpaired) electrons. The highest BCUT2D eigenvalue weighted by atomic mass is 16.7. The third kappa shape index (κ3) is 9.36. The van der Waals surface area contributed by atoms with Gasteiger partial charge in [0, 0.05) is 85.2 Å². The van der Waals surface area contributed by atoms with Crippen LogP contribution < -0.4 is 15.3 Å². The molecule has 2 aromatic carbocycles. The Balaban J connectivity index is 1.79. The molecule has 9 atom stereocenters. The minimum absolute atomic E-state index is 0.0607. The Bertz CT molecular complexity index is 2270. The predicted octanol–water partition coefficient (Wildman–Crippen LogP) is 5.52. The number of nitrogens with zero attached hydrogens (tertiary/aromatic N) is 2. The standard InChI is InChI=1S/C47H62N2O12/c1-11-15-31(49-21-12-13-22-49)18-19-32-37-42(55)35-34(41(32)54)36-44(29(7)40(35)53)61-47(9,45(36)56)59-23-20-33(58-10)26(4)43(60-30(8)50)28(6)39(52)27(5)38(51)24(2)16-14-17-25(3)46(57)48-37/h14,16-20,23-24,26-28,33,38-39,43,51-55H,11-13,15,21-22H2,1-10H3/b16-14-,23-20-,25-17-,31-18+,32-19?,48-37?/t24-,26+,27+,28+,33-,38-,39+,43+,47-/m0/s1. The molecule has 0 aliphatic carbocycles. The normalized spacial score (nSPS) is 31.4. The van der Waals surface area contributed by atoms with E-state index in [-0.39, 0.29) is 43.8 Å². The maximum atomic E-state index is 14.5. The van der Waals surface area contributed by atoms with E-state index in [9.17, 15) is 39.9 Å². The van der Waals surface area contributed by atoms with Crippen molar-refractivity contribution in [2.45, 2.75) is 118 Å². The first-order valence-corrected chi connectivity index (χ1v) is 21.1. The van der Waals surface area contributed by atoms with Crippen LogP contribution in [0.25, 0.3) is 16.8 Å². The molecule has 1 amide bonds. The van der Waals surface area contributed by atoms with Crippen molar-refractivity contribution < 1.29 is 58.9 Å². The number of amides is 1. The monoisotopic (exact) mass is 846 g/mol. The van der Waals surface area contributed by atoms with Gasteiger partial charge in [-0.05, 0) is 51.3 Å². The lowest BCUT2D eigenvalue weighted by atomic mass is 9.78. The van der Waals surface area contributed by atoms with E-state index in [4.69, 9.17) is 18.9 Å². The lowest BCUT2D eigenvalue weighted by Gasteiger charge is -2.38. The van der Waals surface area contributed by atoms with Crippen molar-refractivity contribution in [2.75, 3.05) is 20.2 Å². The zero-order valence-electron chi connectivity index (χ0n) is 36.9. The summed E-state index contributed by atoms with van der Waals surface area (Å²) >= 11 is 0. The molecule has 5 N–H and O–H groups in total. The van der Waals surface area contributed by atoms with Gasteiger partial charge in [0.05, 0.1) is 35.5 Å². The third-order valence-electron chi connectivity index (χ3n) is 12.4. The molecule has 332 valence electrons. The molecule has 1 saturated heterocycles. The van der Waals surface area contributed by atoms with E-state index in [1.165, 1.54) is 53.2 Å². The molecular weight excluding hydrogens is 785 g/mol. The van der Waals surface area contributed by atoms with Crippen LogP contribution in [0, 0.1) is 30.6 Å². The summed E-state index contributed by atoms with van der Waals surface area (Å²) in [6.45, 7) is 16.3. The van der Waals surface area contributed by atoms with Crippen molar-refractivity contribution in [3.05, 3.63) is 69.6 Å². The van der Waals surface area contributed by atoms with Crippen LogP contribution in [0.5, 0.6) is 23.0 Å². The first-order valence-electron chi connectivity index (χ1n) is 21.1. The second-order valence-electron chi connectivity index (χ2n) is 16.8. The molecular formula is C47H62N2O12. The van der Waals surface area contributed by atoms with Crippen LogP contribution in [0.4, 0.5) is 0 Å². The summed E-state index contributed by atoms with van der Waals surface area (Å²) in [5.41, 5.74) is 1.03. The van der Waals surface area contributed by atoms with Gasteiger partial charge in [-0.1, -0.05) is 59.3 Å². The van der Waals surface area contributed by atoms with E-state index < -0.39 is 88.8 Å². The number of phenolic OH excluding ortho intramolecular Hbond substituents is 3. The van der Waals surface area contributed by atoms with Crippen LogP contribution in [-0.2, 0) is 23.8 Å². The second-order valence-corrected chi connectivity index (χ2v) is 16.8. The van der Waals surface area contributed by atoms with E-state index >= 15 is 0 Å². The maximum absolute atomic E-state index is 14.5. The smallest absolute Gasteiger partial charge is 0.312 e. The molecule has 14 nitrogen and oxygen atoms in total. The summed E-state index contributed by atoms with van der Waals surface area (Å²) in [6.07, 6.45) is 10.6. The van der Waals surface area contributed by atoms with Gasteiger partial charge in [0.15, 0.2) is 5.75 Å². The predicted molar refractivity (Wildman–Crippen MR) is 229 cm³/mol. The number of ether oxygens (including phenoxy) is 4. The quantitative estimate of drug-likeness (QED) is 0.180. The first-order chi connectivity index (χ1) is 28.8. The lowest BCUT2D eigenvalue weighted by Crippen LogP contribution is -2.46. The summed E-state index contributed by atoms with van der Waals surface area (Å²) in [6, 6.07) is 0. The number of hydrogen-bond acceptors (Lipinski definition) is 13. The van der Waals surface area contributed by atoms with E-state index in [2.05, 4.69) is 16.8 Å². The molecule has 0 saturated carbocycles. The molecule has 0 aromatic heterocycles. The van der Waals surface area contributed by atoms with Crippen molar-refractivity contribution in [2.24, 2.45) is 28.7 Å². The van der Waals surface area contributed by atoms with Gasteiger partial charge in [-0.3, -0.25) is 14.4 Å². The van der Waals surface area contributed by atoms with Crippen molar-refractivity contribution in [1.82, 2.24) is 4.90 Å². The average Bonchev–Trinajstić information content (AvgIpc) is 3.86. The van der Waals surface area contributed by atoms with Crippen LogP contribution in [0.1, 0.15) is 97.0 Å². The van der Waals surface area contributed by atoms with Crippen LogP contribution in [0.15, 0.2) is 52.9 Å². The second kappa shape index (κ2) is 19.3. The van der Waals surface area contributed by atoms with Crippen molar-refractivity contribution >= 4 is 34.5 Å². The largest absolute Gasteiger partial charge is 0.507 e. The molecule has 6 rings (SSSR count). The Kier molecular flexibility index (Phi) is 14.8. The number of benzene rings is 2. The summed E-state index contributed by atoms with van der Waals surface area (Å²) < 4.78 is 23.7. The summed E-state index contributed by atoms with van der Waals surface area (Å²) in [4.78, 5) is 47.2. The minimum Gasteiger partial charge on any atom is -0.507 e. The zero-order valence-corrected chi connectivity index (χ0v) is 36.9. The van der Waals surface area contributed by atoms with Crippen LogP contribution in [-0.4, -0.2) is 98.5 Å². The van der Waals surface area contributed by atoms with E-state index in [1.54, 1.807) is 45.9 Å². The Labute approximate surface area is 357 Å². The topological polar surface area (TPSA) is 205 Å². The van der Waals surface area contributed by atoms with Crippen LogP contribution >= 0.6 is 0 Å². The number of aromatic hydroxyl groups is 3. The van der Waals surface area contributed by atoms with Gasteiger partial charge in [0.2, 0.25) is 0 Å². The fraction of sp³-hybridized carbons (Fsp3) is 0.532. The fourth-order valence-corrected chi connectivity index (χ4v) is 8.64. The van der Waals surface area contributed by atoms with E-state index in [0.717, 1.165) is 44.5 Å². The highest BCUT2D eigenvalue weighted by molar-refractivity contribution is 6.20. The number of aliphatic hydroxyl groups is 2. The van der Waals surface area contributed by atoms with E-state index in [1.807, 2.05) is 6.08 Å². The number of methoxy groups -OCH3 is 1. The highest BCUT2D eigenvalue weighted by Gasteiger charge is 2.49. The number of carbonyl (C=O) groups is 3. The number of ketones is 1. The van der Waals surface area contributed by atoms with Crippen LogP contribution in [0.3, 0.4) is 0 Å². The SMILES string of the molecule is CCC/C(=C\C=c1c(O)c2c3c4c(C)c(O)c2c(O)c1=NC(=O)/C(C)=C\C=C/[C@H](C)[C@H](O)[C@@H](C)[C@@H](O)[C@@H](C)[C@H](OC(C)=O)[C@H](C)[C@@H](OC)/C=C\O[C@@](C)(O4)C3=O)N1CCCC1. The van der Waals surface area contributed by atoms with E-state index in [0.29, 0.717) is 0 Å². The maximum Gasteiger partial charge on any atom is 0.312 e. The molecule has 1 fully saturated rings. The molecule has 5 bridgehead atoms. The Morgan fingerprint density at radius 1 is 0.967 bits per heavy atom. The molecule has 0 spiro atoms. The Morgan fingerprint density at radius 2 is 1.64 bits per heavy atom. The van der Waals surface area contributed by atoms with Gasteiger partial charge in [0.25, 0.3) is 11.7 Å². The number of rotatable bonds is 6. The number of phenols is 3. The Morgan fingerprint density at radius 3 is 2.26 bits per heavy atom. The average molecular weight is 847 g/mol. The summed E-state index contributed by atoms with van der Waals surface area (Å²) in [7, 11) is 1.44. The molecule has 2 aromatic rings. The first kappa shape index (κ1) is 46.9. The Hall–Kier alpha value is -5.18. The number of fused-ring (bicyclic) bond motifs is 14. The number of aliphatic hydroxyl groups excluding tert-OH is 2. The van der Waals surface area contributed by atoms with Gasteiger partial charge in [-0.2, -0.15) is 0 Å². The summed E-state index contributed by atoms with van der Waals surface area (Å²) in [5.74, 6) is -8.35. The van der Waals surface area contributed by atoms with Crippen molar-refractivity contribution in [1.29, 1.82) is 0 Å². The number of carbonyl (C=O) groups excluding carboxylic acids is 3. The number of hydrogen-bond donors (Lipinski definition) is 5. The minimum atomic E-state index is -2.04. The van der Waals surface area contributed by atoms with Gasteiger partial charge < -0.3 is 49.4 Å². The van der Waals surface area contributed by atoms with Gasteiger partial charge in [0.1, 0.15) is 28.7 Å². The number of allylic oxidation sites excluding steroid dienone is 4. The highest BCUT2D eigenvalue weighted by Crippen LogP contribution is 2.50. The number of Topliss-reactive ketones (excluding diaryl/α,β-unsaturated/α-hetero) is 1. The summed E-state index contributed by atoms with van der Waals surface area (Å²) in [5, 5.41) is 57.9. The molecule has 0 unspecified atom stereocenters. The number of likely N-dealkylation sites (tertiary alicyclic amines) is 1. The molecule has 61 heavy (non-hydrogen) atoms. The van der Waals surface area contributed by atoms with Gasteiger partial charge in [-0.15, -0.1) is 0 Å². The third-order valence-corrected chi connectivity index (χ3v) is 12.4. The number of esters is 1. The zero-order chi connectivity index (χ0) is 45.1. The lowest BCUT2D eigenvalue weighted by molar-refractivity contribution is -0.160. The molecule has 14 heteroatoms. The van der Waals surface area contributed by atoms with Gasteiger partial charge in [-0.25, -0.2) is 4.99 Å². The molecule has 4 aliphatic rings. The van der Waals surface area contributed by atoms with Crippen LogP contribution in [0.2, 0.25) is 0 Å². The van der Waals surface area contributed by atoms with Crippen molar-refractivity contribution in [3.63, 3.8) is 0 Å². The molecule has 4 aliphatic heterocycles.